The van der Waals surface area contributed by atoms with E-state index in [-0.39, 0.29) is 23.1 Å². The van der Waals surface area contributed by atoms with Gasteiger partial charge in [0, 0.05) is 5.69 Å². The molecule has 0 aliphatic heterocycles. The van der Waals surface area contributed by atoms with Gasteiger partial charge >= 0.3 is 5.69 Å². The van der Waals surface area contributed by atoms with E-state index >= 15 is 0 Å². The summed E-state index contributed by atoms with van der Waals surface area (Å²) in [4.78, 5) is 18.2. The van der Waals surface area contributed by atoms with Crippen LogP contribution in [0.5, 0.6) is 5.75 Å². The van der Waals surface area contributed by atoms with Crippen molar-refractivity contribution >= 4 is 34.7 Å². The Kier molecular flexibility index (Phi) is 4.08. The van der Waals surface area contributed by atoms with Crippen molar-refractivity contribution < 1.29 is 9.66 Å². The minimum atomic E-state index is -0.567. The Balaban J connectivity index is 2.44. The number of methoxy groups -OCH3 is 1. The summed E-state index contributed by atoms with van der Waals surface area (Å²) in [5.41, 5.74) is 5.98. The van der Waals surface area contributed by atoms with Gasteiger partial charge in [-0.15, -0.1) is 0 Å². The average Bonchev–Trinajstić information content (AvgIpc) is 2.37. The normalized spacial score (nSPS) is 10.2. The zero-order valence-corrected chi connectivity index (χ0v) is 12.0. The van der Waals surface area contributed by atoms with Gasteiger partial charge in [0.2, 0.25) is 11.8 Å². The first-order valence-corrected chi connectivity index (χ1v) is 6.19. The zero-order valence-electron chi connectivity index (χ0n) is 11.3. The molecule has 0 unspecified atom stereocenters. The number of nitrogen functional groups attached to an aromatic ring is 1. The summed E-state index contributed by atoms with van der Waals surface area (Å²) in [5.74, 6) is 0.446. The van der Waals surface area contributed by atoms with Gasteiger partial charge in [-0.2, -0.15) is 4.98 Å². The maximum Gasteiger partial charge on any atom is 0.332 e. The average molecular weight is 310 g/mol. The van der Waals surface area contributed by atoms with E-state index in [9.17, 15) is 10.1 Å². The van der Waals surface area contributed by atoms with Crippen LogP contribution in [0.3, 0.4) is 0 Å². The molecule has 9 heteroatoms. The van der Waals surface area contributed by atoms with E-state index in [0.29, 0.717) is 16.5 Å². The predicted octanol–water partition coefficient (Wildman–Crippen LogP) is 2.68. The molecular weight excluding hydrogens is 298 g/mol. The van der Waals surface area contributed by atoms with Crippen molar-refractivity contribution in [1.29, 1.82) is 0 Å². The van der Waals surface area contributed by atoms with E-state index in [0.717, 1.165) is 0 Å². The van der Waals surface area contributed by atoms with E-state index in [1.54, 1.807) is 18.2 Å². The van der Waals surface area contributed by atoms with E-state index in [1.165, 1.54) is 14.0 Å². The van der Waals surface area contributed by atoms with Gasteiger partial charge in [-0.1, -0.05) is 11.6 Å². The third-order valence-electron chi connectivity index (χ3n) is 2.67. The molecule has 0 saturated carbocycles. The summed E-state index contributed by atoms with van der Waals surface area (Å²) < 4.78 is 5.04. The van der Waals surface area contributed by atoms with Crippen molar-refractivity contribution in [1.82, 2.24) is 9.97 Å². The summed E-state index contributed by atoms with van der Waals surface area (Å²) in [5, 5.41) is 14.3. The Morgan fingerprint density at radius 1 is 1.43 bits per heavy atom. The lowest BCUT2D eigenvalue weighted by molar-refractivity contribution is -0.385. The minimum Gasteiger partial charge on any atom is -0.495 e. The summed E-state index contributed by atoms with van der Waals surface area (Å²) >= 11 is 6.00. The number of aromatic nitrogens is 2. The van der Waals surface area contributed by atoms with Crippen molar-refractivity contribution in [2.45, 2.75) is 6.92 Å². The number of nitrogens with two attached hydrogens (primary N) is 1. The van der Waals surface area contributed by atoms with Crippen LogP contribution in [-0.2, 0) is 0 Å². The largest absolute Gasteiger partial charge is 0.495 e. The standard InChI is InChI=1S/C12H12ClN5O3/c1-6-10(18(19)20)11(17-12(14)15-6)16-7-3-4-9(21-2)8(13)5-7/h3-5H,1-2H3,(H3,14,15,16,17). The third kappa shape index (κ3) is 3.11. The van der Waals surface area contributed by atoms with Crippen LogP contribution in [-0.4, -0.2) is 22.0 Å². The number of rotatable bonds is 4. The third-order valence-corrected chi connectivity index (χ3v) is 2.97. The molecule has 0 spiro atoms. The number of nitro groups is 1. The van der Waals surface area contributed by atoms with Crippen molar-refractivity contribution in [2.24, 2.45) is 0 Å². The molecule has 1 heterocycles. The van der Waals surface area contributed by atoms with Crippen LogP contribution in [0.1, 0.15) is 5.69 Å². The number of anilines is 3. The number of nitrogens with zero attached hydrogens (tertiary/aromatic N) is 3. The fraction of sp³-hybridized carbons (Fsp3) is 0.167. The van der Waals surface area contributed by atoms with Gasteiger partial charge in [0.15, 0.2) is 0 Å². The lowest BCUT2D eigenvalue weighted by Crippen LogP contribution is -2.07. The second-order valence-corrected chi connectivity index (χ2v) is 4.50. The van der Waals surface area contributed by atoms with Gasteiger partial charge in [0.05, 0.1) is 17.1 Å². The number of hydrogen-bond donors (Lipinski definition) is 2. The molecule has 3 N–H and O–H groups in total. The molecule has 1 aromatic heterocycles. The van der Waals surface area contributed by atoms with Gasteiger partial charge < -0.3 is 15.8 Å². The molecule has 0 aliphatic carbocycles. The molecular formula is C12H12ClN5O3. The molecule has 0 bridgehead atoms. The van der Waals surface area contributed by atoms with Crippen molar-refractivity contribution in [3.63, 3.8) is 0 Å². The van der Waals surface area contributed by atoms with Crippen LogP contribution in [0.15, 0.2) is 18.2 Å². The monoisotopic (exact) mass is 309 g/mol. The van der Waals surface area contributed by atoms with Crippen LogP contribution >= 0.6 is 11.6 Å². The first-order valence-electron chi connectivity index (χ1n) is 5.81. The maximum absolute atomic E-state index is 11.1. The SMILES string of the molecule is COc1ccc(Nc2nc(N)nc(C)c2[N+](=O)[O-])cc1Cl. The van der Waals surface area contributed by atoms with E-state index in [2.05, 4.69) is 15.3 Å². The lowest BCUT2D eigenvalue weighted by atomic mass is 10.3. The second kappa shape index (κ2) is 5.80. The molecule has 8 nitrogen and oxygen atoms in total. The molecule has 1 aromatic carbocycles. The number of ether oxygens (including phenoxy) is 1. The van der Waals surface area contributed by atoms with Gasteiger partial charge in [-0.05, 0) is 25.1 Å². The Bertz CT molecular complexity index is 708. The Morgan fingerprint density at radius 3 is 2.71 bits per heavy atom. The molecule has 0 radical (unpaired) electrons. The number of halogens is 1. The summed E-state index contributed by atoms with van der Waals surface area (Å²) in [7, 11) is 1.49. The smallest absolute Gasteiger partial charge is 0.332 e. The second-order valence-electron chi connectivity index (χ2n) is 4.10. The molecule has 0 aliphatic rings. The molecule has 2 rings (SSSR count). The summed E-state index contributed by atoms with van der Waals surface area (Å²) in [6, 6.07) is 4.85. The molecule has 0 saturated heterocycles. The van der Waals surface area contributed by atoms with Crippen LogP contribution < -0.4 is 15.8 Å². The molecule has 21 heavy (non-hydrogen) atoms. The van der Waals surface area contributed by atoms with Crippen LogP contribution in [0.2, 0.25) is 5.02 Å². The van der Waals surface area contributed by atoms with E-state index in [4.69, 9.17) is 22.1 Å². The number of hydrogen-bond acceptors (Lipinski definition) is 7. The van der Waals surface area contributed by atoms with Gasteiger partial charge in [0.1, 0.15) is 11.4 Å². The fourth-order valence-electron chi connectivity index (χ4n) is 1.78. The van der Waals surface area contributed by atoms with Gasteiger partial charge in [0.25, 0.3) is 0 Å². The van der Waals surface area contributed by atoms with Crippen molar-refractivity contribution in [3.8, 4) is 5.75 Å². The van der Waals surface area contributed by atoms with E-state index in [1.807, 2.05) is 0 Å². The molecule has 0 fully saturated rings. The highest BCUT2D eigenvalue weighted by Gasteiger charge is 2.21. The molecule has 0 atom stereocenters. The Morgan fingerprint density at radius 2 is 2.14 bits per heavy atom. The first kappa shape index (κ1) is 14.8. The summed E-state index contributed by atoms with van der Waals surface area (Å²) in [6.45, 7) is 1.49. The number of benzene rings is 1. The maximum atomic E-state index is 11.1. The summed E-state index contributed by atoms with van der Waals surface area (Å²) in [6.07, 6.45) is 0. The molecule has 110 valence electrons. The highest BCUT2D eigenvalue weighted by molar-refractivity contribution is 6.32. The fourth-order valence-corrected chi connectivity index (χ4v) is 2.03. The van der Waals surface area contributed by atoms with Crippen molar-refractivity contribution in [3.05, 3.63) is 39.0 Å². The molecule has 0 amide bonds. The van der Waals surface area contributed by atoms with Crippen molar-refractivity contribution in [2.75, 3.05) is 18.2 Å². The lowest BCUT2D eigenvalue weighted by Gasteiger charge is -2.10. The van der Waals surface area contributed by atoms with E-state index < -0.39 is 4.92 Å². The quantitative estimate of drug-likeness (QED) is 0.658. The highest BCUT2D eigenvalue weighted by Crippen LogP contribution is 2.32. The first-order chi connectivity index (χ1) is 9.92. The number of aryl methyl sites for hydroxylation is 1. The van der Waals surface area contributed by atoms with Crippen LogP contribution in [0.25, 0.3) is 0 Å². The minimum absolute atomic E-state index is 0.00577. The number of nitrogens with one attached hydrogen (secondary N) is 1. The van der Waals surface area contributed by atoms with Crippen LogP contribution in [0.4, 0.5) is 23.1 Å². The highest BCUT2D eigenvalue weighted by atomic mass is 35.5. The zero-order chi connectivity index (χ0) is 15.6. The Hall–Kier alpha value is -2.61. The van der Waals surface area contributed by atoms with Gasteiger partial charge in [-0.25, -0.2) is 4.98 Å². The predicted molar refractivity (Wildman–Crippen MR) is 79.1 cm³/mol. The topological polar surface area (TPSA) is 116 Å². The Labute approximate surface area is 125 Å². The van der Waals surface area contributed by atoms with Crippen LogP contribution in [0, 0.1) is 17.0 Å². The molecule has 2 aromatic rings. The van der Waals surface area contributed by atoms with Gasteiger partial charge in [-0.3, -0.25) is 10.1 Å².